The van der Waals surface area contributed by atoms with Gasteiger partial charge >= 0.3 is 5.97 Å². The highest BCUT2D eigenvalue weighted by atomic mass is 35.5. The predicted octanol–water partition coefficient (Wildman–Crippen LogP) is 2.47. The third kappa shape index (κ3) is 3.48. The fraction of sp³-hybridized carbons (Fsp3) is 0.462. The largest absolute Gasteiger partial charge is 0.494 e. The Hall–Kier alpha value is -1.31. The van der Waals surface area contributed by atoms with Crippen LogP contribution in [0, 0.1) is 0 Å². The quantitative estimate of drug-likeness (QED) is 0.863. The first kappa shape index (κ1) is 17.7. The van der Waals surface area contributed by atoms with Gasteiger partial charge in [0.1, 0.15) is 10.5 Å². The standard InChI is InChI=1S/C13H18ClNO5S/c1-5-8(2)15(3)21(18,19)11-7-9(14)6-10(13(16)17)12(11)20-4/h6-8H,5H2,1-4H3,(H,16,17). The highest BCUT2D eigenvalue weighted by Crippen LogP contribution is 2.34. The Morgan fingerprint density at radius 1 is 1.48 bits per heavy atom. The molecule has 1 aromatic rings. The van der Waals surface area contributed by atoms with Crippen LogP contribution in [0.4, 0.5) is 0 Å². The summed E-state index contributed by atoms with van der Waals surface area (Å²) in [5.74, 6) is -1.53. The maximum Gasteiger partial charge on any atom is 0.339 e. The number of methoxy groups -OCH3 is 1. The number of sulfonamides is 1. The Balaban J connectivity index is 3.59. The molecule has 1 atom stereocenters. The molecular weight excluding hydrogens is 318 g/mol. The maximum atomic E-state index is 12.6. The van der Waals surface area contributed by atoms with Gasteiger partial charge in [-0.1, -0.05) is 18.5 Å². The van der Waals surface area contributed by atoms with E-state index in [4.69, 9.17) is 21.4 Å². The summed E-state index contributed by atoms with van der Waals surface area (Å²) >= 11 is 5.85. The molecule has 1 unspecified atom stereocenters. The summed E-state index contributed by atoms with van der Waals surface area (Å²) in [5.41, 5.74) is -0.291. The summed E-state index contributed by atoms with van der Waals surface area (Å²) in [4.78, 5) is 11.0. The molecule has 0 radical (unpaired) electrons. The minimum atomic E-state index is -3.91. The molecule has 0 aliphatic rings. The fourth-order valence-electron chi connectivity index (χ4n) is 1.78. The van der Waals surface area contributed by atoms with Gasteiger partial charge in [-0.15, -0.1) is 0 Å². The van der Waals surface area contributed by atoms with Crippen molar-refractivity contribution in [2.75, 3.05) is 14.2 Å². The SMILES string of the molecule is CCC(C)N(C)S(=O)(=O)c1cc(Cl)cc(C(=O)O)c1OC. The molecule has 6 nitrogen and oxygen atoms in total. The molecule has 0 saturated carbocycles. The van der Waals surface area contributed by atoms with Gasteiger partial charge in [-0.3, -0.25) is 0 Å². The van der Waals surface area contributed by atoms with Crippen LogP contribution in [-0.2, 0) is 10.0 Å². The molecule has 0 heterocycles. The number of benzene rings is 1. The van der Waals surface area contributed by atoms with Gasteiger partial charge in [0.05, 0.1) is 7.11 Å². The zero-order valence-corrected chi connectivity index (χ0v) is 13.8. The lowest BCUT2D eigenvalue weighted by molar-refractivity contribution is 0.0693. The summed E-state index contributed by atoms with van der Waals surface area (Å²) in [6.07, 6.45) is 0.615. The van der Waals surface area contributed by atoms with Crippen molar-refractivity contribution in [1.82, 2.24) is 4.31 Å². The Labute approximate surface area is 129 Å². The van der Waals surface area contributed by atoms with Crippen LogP contribution in [0.2, 0.25) is 5.02 Å². The molecule has 21 heavy (non-hydrogen) atoms. The second-order valence-corrected chi connectivity index (χ2v) is 6.97. The zero-order chi connectivity index (χ0) is 16.4. The monoisotopic (exact) mass is 335 g/mol. The minimum absolute atomic E-state index is 0.0179. The predicted molar refractivity (Wildman–Crippen MR) is 79.7 cm³/mol. The molecule has 1 rings (SSSR count). The number of ether oxygens (including phenoxy) is 1. The Kier molecular flexibility index (Phi) is 5.61. The smallest absolute Gasteiger partial charge is 0.339 e. The van der Waals surface area contributed by atoms with Gasteiger partial charge in [0.15, 0.2) is 5.75 Å². The van der Waals surface area contributed by atoms with E-state index in [1.165, 1.54) is 24.5 Å². The van der Waals surface area contributed by atoms with Crippen molar-refractivity contribution in [2.45, 2.75) is 31.2 Å². The van der Waals surface area contributed by atoms with E-state index in [0.717, 1.165) is 6.07 Å². The molecule has 1 aromatic carbocycles. The van der Waals surface area contributed by atoms with Crippen molar-refractivity contribution >= 4 is 27.6 Å². The lowest BCUT2D eigenvalue weighted by atomic mass is 10.2. The van der Waals surface area contributed by atoms with Crippen LogP contribution in [0.15, 0.2) is 17.0 Å². The number of halogens is 1. The van der Waals surface area contributed by atoms with E-state index in [-0.39, 0.29) is 27.3 Å². The molecular formula is C13H18ClNO5S. The van der Waals surface area contributed by atoms with Crippen LogP contribution >= 0.6 is 11.6 Å². The maximum absolute atomic E-state index is 12.6. The third-order valence-corrected chi connectivity index (χ3v) is 5.52. The van der Waals surface area contributed by atoms with Crippen LogP contribution in [-0.4, -0.2) is 44.0 Å². The zero-order valence-electron chi connectivity index (χ0n) is 12.3. The third-order valence-electron chi connectivity index (χ3n) is 3.32. The second-order valence-electron chi connectivity index (χ2n) is 4.57. The van der Waals surface area contributed by atoms with Crippen molar-refractivity contribution < 1.29 is 23.1 Å². The number of hydrogen-bond donors (Lipinski definition) is 1. The molecule has 0 saturated heterocycles. The Morgan fingerprint density at radius 2 is 2.05 bits per heavy atom. The minimum Gasteiger partial charge on any atom is -0.494 e. The van der Waals surface area contributed by atoms with E-state index in [1.54, 1.807) is 6.92 Å². The van der Waals surface area contributed by atoms with Gasteiger partial charge in [-0.2, -0.15) is 4.31 Å². The molecule has 0 fully saturated rings. The number of aromatic carboxylic acids is 1. The highest BCUT2D eigenvalue weighted by Gasteiger charge is 2.31. The van der Waals surface area contributed by atoms with Crippen LogP contribution in [0.25, 0.3) is 0 Å². The molecule has 0 spiro atoms. The molecule has 0 bridgehead atoms. The molecule has 8 heteroatoms. The van der Waals surface area contributed by atoms with E-state index < -0.39 is 16.0 Å². The van der Waals surface area contributed by atoms with E-state index in [2.05, 4.69) is 0 Å². The topological polar surface area (TPSA) is 83.9 Å². The number of carboxylic acids is 1. The van der Waals surface area contributed by atoms with E-state index >= 15 is 0 Å². The van der Waals surface area contributed by atoms with Crippen molar-refractivity contribution in [3.8, 4) is 5.75 Å². The van der Waals surface area contributed by atoms with Crippen molar-refractivity contribution in [1.29, 1.82) is 0 Å². The number of carbonyl (C=O) groups is 1. The van der Waals surface area contributed by atoms with Gasteiger partial charge in [-0.25, -0.2) is 13.2 Å². The second kappa shape index (κ2) is 6.64. The Morgan fingerprint density at radius 3 is 2.48 bits per heavy atom. The first-order valence-corrected chi connectivity index (χ1v) is 8.07. The summed E-state index contributed by atoms with van der Waals surface area (Å²) < 4.78 is 31.4. The number of rotatable bonds is 6. The first-order valence-electron chi connectivity index (χ1n) is 6.25. The van der Waals surface area contributed by atoms with Crippen LogP contribution in [0.1, 0.15) is 30.6 Å². The number of nitrogens with zero attached hydrogens (tertiary/aromatic N) is 1. The number of hydrogen-bond acceptors (Lipinski definition) is 4. The summed E-state index contributed by atoms with van der Waals surface area (Å²) in [7, 11) is -1.26. The average molecular weight is 336 g/mol. The van der Waals surface area contributed by atoms with Gasteiger partial charge in [0.25, 0.3) is 0 Å². The summed E-state index contributed by atoms with van der Waals surface area (Å²) in [5, 5.41) is 9.18. The number of carboxylic acid groups (broad SMARTS) is 1. The molecule has 0 amide bonds. The lowest BCUT2D eigenvalue weighted by Crippen LogP contribution is -2.35. The summed E-state index contributed by atoms with van der Waals surface area (Å²) in [6.45, 7) is 3.61. The molecule has 1 N–H and O–H groups in total. The van der Waals surface area contributed by atoms with Crippen molar-refractivity contribution in [2.24, 2.45) is 0 Å². The normalized spacial score (nSPS) is 13.2. The van der Waals surface area contributed by atoms with Crippen molar-refractivity contribution in [3.05, 3.63) is 22.7 Å². The van der Waals surface area contributed by atoms with Crippen LogP contribution < -0.4 is 4.74 Å². The van der Waals surface area contributed by atoms with Gasteiger partial charge < -0.3 is 9.84 Å². The highest BCUT2D eigenvalue weighted by molar-refractivity contribution is 7.89. The van der Waals surface area contributed by atoms with Crippen LogP contribution in [0.3, 0.4) is 0 Å². The van der Waals surface area contributed by atoms with Gasteiger partial charge in [0.2, 0.25) is 10.0 Å². The first-order chi connectivity index (χ1) is 9.66. The molecule has 118 valence electrons. The van der Waals surface area contributed by atoms with E-state index in [1.807, 2.05) is 6.92 Å². The molecule has 0 aliphatic heterocycles. The van der Waals surface area contributed by atoms with Gasteiger partial charge in [0, 0.05) is 18.1 Å². The average Bonchev–Trinajstić information content (AvgIpc) is 2.44. The van der Waals surface area contributed by atoms with Crippen LogP contribution in [0.5, 0.6) is 5.75 Å². The van der Waals surface area contributed by atoms with Gasteiger partial charge in [-0.05, 0) is 25.5 Å². The Bertz CT molecular complexity index is 644. The van der Waals surface area contributed by atoms with E-state index in [0.29, 0.717) is 6.42 Å². The lowest BCUT2D eigenvalue weighted by Gasteiger charge is -2.24. The van der Waals surface area contributed by atoms with Crippen molar-refractivity contribution in [3.63, 3.8) is 0 Å². The molecule has 0 aromatic heterocycles. The fourth-order valence-corrected chi connectivity index (χ4v) is 3.70. The summed E-state index contributed by atoms with van der Waals surface area (Å²) in [6, 6.07) is 2.11. The molecule has 0 aliphatic carbocycles. The van der Waals surface area contributed by atoms with E-state index in [9.17, 15) is 13.2 Å².